The van der Waals surface area contributed by atoms with Gasteiger partial charge in [-0.3, -0.25) is 14.4 Å². The number of Topliss-reactive ketones (excluding diaryl/α,β-unsaturated/α-hetero) is 1. The quantitative estimate of drug-likeness (QED) is 0.153. The highest BCUT2D eigenvalue weighted by molar-refractivity contribution is 5.86. The van der Waals surface area contributed by atoms with Gasteiger partial charge < -0.3 is 18.9 Å². The number of fused-ring (bicyclic) bond motifs is 1. The van der Waals surface area contributed by atoms with Gasteiger partial charge in [0.1, 0.15) is 18.0 Å². The third-order valence-electron chi connectivity index (χ3n) is 8.05. The maximum atomic E-state index is 13.2. The van der Waals surface area contributed by atoms with Crippen LogP contribution in [0.1, 0.15) is 61.3 Å². The van der Waals surface area contributed by atoms with E-state index in [0.29, 0.717) is 18.6 Å². The second-order valence-electron chi connectivity index (χ2n) is 10.8. The van der Waals surface area contributed by atoms with Crippen LogP contribution in [0.5, 0.6) is 0 Å². The largest absolute Gasteiger partial charge is 0.462 e. The van der Waals surface area contributed by atoms with Crippen molar-refractivity contribution in [1.29, 1.82) is 0 Å². The molecule has 0 unspecified atom stereocenters. The third-order valence-corrected chi connectivity index (χ3v) is 8.05. The van der Waals surface area contributed by atoms with Crippen molar-refractivity contribution >= 4 is 23.7 Å². The predicted octanol–water partition coefficient (Wildman–Crippen LogP) is 3.82. The summed E-state index contributed by atoms with van der Waals surface area (Å²) in [5, 5.41) is 0. The van der Waals surface area contributed by atoms with Crippen molar-refractivity contribution < 1.29 is 38.1 Å². The molecule has 36 heavy (non-hydrogen) atoms. The van der Waals surface area contributed by atoms with Gasteiger partial charge >= 0.3 is 17.9 Å². The van der Waals surface area contributed by atoms with Crippen LogP contribution in [0, 0.1) is 35.5 Å². The van der Waals surface area contributed by atoms with Crippen LogP contribution in [0.15, 0.2) is 23.8 Å². The Morgan fingerprint density at radius 1 is 1.11 bits per heavy atom. The Labute approximate surface area is 213 Å². The first-order valence-electron chi connectivity index (χ1n) is 13.0. The fraction of sp³-hybridized carbons (Fsp3) is 0.714. The molecule has 0 spiro atoms. The second kappa shape index (κ2) is 11.3. The molecule has 0 radical (unpaired) electrons. The molecule has 2 aliphatic carbocycles. The molecule has 0 bridgehead atoms. The lowest BCUT2D eigenvalue weighted by atomic mass is 9.64. The summed E-state index contributed by atoms with van der Waals surface area (Å²) in [5.74, 6) is -3.26. The lowest BCUT2D eigenvalue weighted by molar-refractivity contribution is -0.179. The number of ether oxygens (including phenoxy) is 4. The van der Waals surface area contributed by atoms with E-state index >= 15 is 0 Å². The van der Waals surface area contributed by atoms with Gasteiger partial charge in [0.05, 0.1) is 24.5 Å². The molecule has 3 fully saturated rings. The Balaban J connectivity index is 2.03. The first-order valence-corrected chi connectivity index (χ1v) is 13.0. The number of epoxide rings is 1. The van der Waals surface area contributed by atoms with Crippen LogP contribution in [0.25, 0.3) is 0 Å². The number of rotatable bonds is 9. The molecule has 8 nitrogen and oxygen atoms in total. The van der Waals surface area contributed by atoms with Gasteiger partial charge in [-0.15, -0.1) is 0 Å². The van der Waals surface area contributed by atoms with Crippen molar-refractivity contribution in [2.45, 2.75) is 85.7 Å². The topological polar surface area (TPSA) is 109 Å². The van der Waals surface area contributed by atoms with Crippen molar-refractivity contribution in [3.63, 3.8) is 0 Å². The van der Waals surface area contributed by atoms with Gasteiger partial charge in [0.2, 0.25) is 0 Å². The summed E-state index contributed by atoms with van der Waals surface area (Å²) in [5.41, 5.74) is 1.42. The molecular formula is C28H40O8. The molecule has 2 saturated carbocycles. The predicted molar refractivity (Wildman–Crippen MR) is 132 cm³/mol. The molecule has 0 aromatic rings. The van der Waals surface area contributed by atoms with Crippen LogP contribution < -0.4 is 0 Å². The number of carbonyl (C=O) groups is 4. The lowest BCUT2D eigenvalue weighted by Gasteiger charge is -2.46. The van der Waals surface area contributed by atoms with E-state index in [1.807, 2.05) is 27.7 Å². The number of esters is 3. The Bertz CT molecular complexity index is 930. The molecule has 200 valence electrons. The number of carbonyl (C=O) groups excluding carboxylic acids is 4. The number of hydrogen-bond donors (Lipinski definition) is 0. The second-order valence-corrected chi connectivity index (χ2v) is 10.8. The molecule has 0 N–H and O–H groups in total. The van der Waals surface area contributed by atoms with Gasteiger partial charge in [-0.05, 0) is 43.6 Å². The summed E-state index contributed by atoms with van der Waals surface area (Å²) in [6.45, 7) is 17.2. The van der Waals surface area contributed by atoms with Crippen LogP contribution in [0.2, 0.25) is 0 Å². The van der Waals surface area contributed by atoms with Crippen LogP contribution >= 0.6 is 0 Å². The SMILES string of the molecule is C=C1[C@H]2CC(=O)[C@@H]([C@H](C)OC(C)=O)[C@@H]2[C@@H]([C@@H]2CO2)[C@H](OC(=O)/C=C(/C)C(C)C)[C@@H]1OC(=O)[C@H](C)CC. The third kappa shape index (κ3) is 5.90. The first-order chi connectivity index (χ1) is 16.9. The highest BCUT2D eigenvalue weighted by atomic mass is 16.6. The fourth-order valence-corrected chi connectivity index (χ4v) is 5.54. The Morgan fingerprint density at radius 2 is 1.75 bits per heavy atom. The van der Waals surface area contributed by atoms with Crippen molar-refractivity contribution in [1.82, 2.24) is 0 Å². The van der Waals surface area contributed by atoms with Gasteiger partial charge in [0.15, 0.2) is 6.10 Å². The van der Waals surface area contributed by atoms with Gasteiger partial charge in [0.25, 0.3) is 0 Å². The number of ketones is 1. The van der Waals surface area contributed by atoms with Crippen molar-refractivity contribution in [3.8, 4) is 0 Å². The zero-order chi connectivity index (χ0) is 26.9. The molecule has 1 aliphatic heterocycles. The minimum atomic E-state index is -0.894. The van der Waals surface area contributed by atoms with Crippen molar-refractivity contribution in [2.24, 2.45) is 35.5 Å². The van der Waals surface area contributed by atoms with E-state index in [1.54, 1.807) is 13.8 Å². The minimum absolute atomic E-state index is 0.0416. The maximum absolute atomic E-state index is 13.2. The van der Waals surface area contributed by atoms with Gasteiger partial charge in [0, 0.05) is 25.3 Å². The summed E-state index contributed by atoms with van der Waals surface area (Å²) >= 11 is 0. The van der Waals surface area contributed by atoms with Gasteiger partial charge in [-0.1, -0.05) is 39.8 Å². The number of allylic oxidation sites excluding steroid dienone is 1. The maximum Gasteiger partial charge on any atom is 0.331 e. The molecule has 8 heteroatoms. The lowest BCUT2D eigenvalue weighted by Crippen LogP contribution is -2.55. The van der Waals surface area contributed by atoms with Crippen molar-refractivity contribution in [2.75, 3.05) is 6.61 Å². The van der Waals surface area contributed by atoms with Crippen LogP contribution in [0.4, 0.5) is 0 Å². The number of hydrogen-bond acceptors (Lipinski definition) is 8. The monoisotopic (exact) mass is 504 g/mol. The Hall–Kier alpha value is -2.48. The van der Waals surface area contributed by atoms with Crippen LogP contribution in [-0.4, -0.2) is 54.7 Å². The average molecular weight is 505 g/mol. The molecule has 0 aromatic carbocycles. The molecule has 0 amide bonds. The zero-order valence-electron chi connectivity index (χ0n) is 22.4. The van der Waals surface area contributed by atoms with E-state index < -0.39 is 48.1 Å². The first kappa shape index (κ1) is 28.1. The molecular weight excluding hydrogens is 464 g/mol. The van der Waals surface area contributed by atoms with E-state index in [9.17, 15) is 19.2 Å². The molecule has 1 heterocycles. The summed E-state index contributed by atoms with van der Waals surface area (Å²) in [6.07, 6.45) is -0.431. The molecule has 0 aromatic heterocycles. The Morgan fingerprint density at radius 3 is 2.28 bits per heavy atom. The van der Waals surface area contributed by atoms with E-state index in [0.717, 1.165) is 5.57 Å². The average Bonchev–Trinajstić information content (AvgIpc) is 3.56. The van der Waals surface area contributed by atoms with Crippen molar-refractivity contribution in [3.05, 3.63) is 23.8 Å². The van der Waals surface area contributed by atoms with E-state index in [2.05, 4.69) is 6.58 Å². The highest BCUT2D eigenvalue weighted by Crippen LogP contribution is 2.55. The molecule has 3 rings (SSSR count). The summed E-state index contributed by atoms with van der Waals surface area (Å²) in [6, 6.07) is 0. The van der Waals surface area contributed by atoms with Gasteiger partial charge in [-0.2, -0.15) is 0 Å². The van der Waals surface area contributed by atoms with E-state index in [1.165, 1.54) is 13.0 Å². The van der Waals surface area contributed by atoms with Crippen LogP contribution in [0.3, 0.4) is 0 Å². The normalized spacial score (nSPS) is 33.6. The summed E-state index contributed by atoms with van der Waals surface area (Å²) in [7, 11) is 0. The molecule has 3 aliphatic rings. The smallest absolute Gasteiger partial charge is 0.331 e. The summed E-state index contributed by atoms with van der Waals surface area (Å²) in [4.78, 5) is 50.8. The van der Waals surface area contributed by atoms with E-state index in [-0.39, 0.29) is 42.0 Å². The summed E-state index contributed by atoms with van der Waals surface area (Å²) < 4.78 is 23.1. The van der Waals surface area contributed by atoms with Crippen LogP contribution in [-0.2, 0) is 38.1 Å². The fourth-order valence-electron chi connectivity index (χ4n) is 5.54. The Kier molecular flexibility index (Phi) is 8.80. The highest BCUT2D eigenvalue weighted by Gasteiger charge is 2.63. The zero-order valence-corrected chi connectivity index (χ0v) is 22.4. The minimum Gasteiger partial charge on any atom is -0.462 e. The van der Waals surface area contributed by atoms with E-state index in [4.69, 9.17) is 18.9 Å². The molecule has 9 atom stereocenters. The van der Waals surface area contributed by atoms with Gasteiger partial charge in [-0.25, -0.2) is 4.79 Å². The molecule has 1 saturated heterocycles. The standard InChI is InChI=1S/C28H40O8/c1-9-14(4)28(32)36-26-16(6)19-11-20(30)23(17(7)34-18(8)29)24(19)25(21-12-33-21)27(26)35-22(31)10-15(5)13(2)3/h10,13-14,17,19,21,23-27H,6,9,11-12H2,1-5,7-8H3/b15-10-/t14-,17+,19-,21+,23-,24-,25-,26-,27+/m1/s1.